The second-order valence-corrected chi connectivity index (χ2v) is 3.79. The van der Waals surface area contributed by atoms with Crippen LogP contribution in [0.3, 0.4) is 0 Å². The Morgan fingerprint density at radius 1 is 1.24 bits per heavy atom. The van der Waals surface area contributed by atoms with E-state index in [9.17, 15) is 22.8 Å². The molecule has 0 unspecified atom stereocenters. The topological polar surface area (TPSA) is 121 Å². The van der Waals surface area contributed by atoms with Crippen LogP contribution in [-0.4, -0.2) is 37.6 Å². The number of alkyl halides is 3. The molecule has 0 aliphatic heterocycles. The zero-order chi connectivity index (χ0) is 15.6. The molecule has 1 amide bonds. The van der Waals surface area contributed by atoms with E-state index >= 15 is 0 Å². The molecule has 11 heteroatoms. The maximum absolute atomic E-state index is 12.7. The van der Waals surface area contributed by atoms with Crippen molar-refractivity contribution in [3.05, 3.63) is 35.2 Å². The average Bonchev–Trinajstić information content (AvgIpc) is 2.91. The zero-order valence-corrected chi connectivity index (χ0v) is 9.97. The molecule has 1 heterocycles. The van der Waals surface area contributed by atoms with Crippen molar-refractivity contribution in [2.24, 2.45) is 0 Å². The van der Waals surface area contributed by atoms with E-state index in [1.807, 2.05) is 5.21 Å². The number of H-pyrrole nitrogens is 1. The monoisotopic (exact) mass is 301 g/mol. The first-order valence-corrected chi connectivity index (χ1v) is 5.28. The van der Waals surface area contributed by atoms with Gasteiger partial charge in [-0.1, -0.05) is 0 Å². The summed E-state index contributed by atoms with van der Waals surface area (Å²) >= 11 is 0. The number of carboxylic acids is 1. The van der Waals surface area contributed by atoms with Gasteiger partial charge in [-0.15, -0.1) is 10.2 Å². The number of carbonyl (C=O) groups is 2. The van der Waals surface area contributed by atoms with Crippen molar-refractivity contribution in [2.45, 2.75) is 6.18 Å². The third kappa shape index (κ3) is 3.32. The van der Waals surface area contributed by atoms with Crippen LogP contribution in [0, 0.1) is 0 Å². The van der Waals surface area contributed by atoms with Crippen molar-refractivity contribution >= 4 is 17.6 Å². The third-order valence-corrected chi connectivity index (χ3v) is 2.31. The van der Waals surface area contributed by atoms with E-state index in [0.717, 1.165) is 6.07 Å². The Hall–Kier alpha value is -2.98. The number of nitrogens with zero attached hydrogens (tertiary/aromatic N) is 3. The van der Waals surface area contributed by atoms with E-state index in [1.165, 1.54) is 0 Å². The van der Waals surface area contributed by atoms with Gasteiger partial charge in [-0.3, -0.25) is 4.79 Å². The highest BCUT2D eigenvalue weighted by Crippen LogP contribution is 2.32. The Balaban J connectivity index is 2.37. The molecular weight excluding hydrogens is 295 g/mol. The Morgan fingerprint density at radius 2 is 1.95 bits per heavy atom. The van der Waals surface area contributed by atoms with E-state index in [1.54, 1.807) is 0 Å². The molecule has 0 atom stereocenters. The van der Waals surface area contributed by atoms with Gasteiger partial charge in [0.2, 0.25) is 0 Å². The first kappa shape index (κ1) is 14.4. The minimum Gasteiger partial charge on any atom is -0.478 e. The Morgan fingerprint density at radius 3 is 2.48 bits per heavy atom. The lowest BCUT2D eigenvalue weighted by molar-refractivity contribution is -0.137. The average molecular weight is 301 g/mol. The van der Waals surface area contributed by atoms with Crippen LogP contribution in [0.2, 0.25) is 0 Å². The van der Waals surface area contributed by atoms with Crippen LogP contribution in [0.4, 0.5) is 18.9 Å². The molecule has 0 aliphatic carbocycles. The molecule has 1 aromatic carbocycles. The lowest BCUT2D eigenvalue weighted by atomic mass is 10.1. The van der Waals surface area contributed by atoms with E-state index in [-0.39, 0.29) is 5.69 Å². The van der Waals surface area contributed by atoms with E-state index in [4.69, 9.17) is 5.11 Å². The van der Waals surface area contributed by atoms with Gasteiger partial charge in [0, 0.05) is 5.69 Å². The molecule has 0 bridgehead atoms. The maximum atomic E-state index is 12.7. The Labute approximate surface area is 114 Å². The number of aromatic nitrogens is 4. The molecule has 8 nitrogen and oxygen atoms in total. The minimum atomic E-state index is -4.75. The summed E-state index contributed by atoms with van der Waals surface area (Å²) in [4.78, 5) is 22.4. The SMILES string of the molecule is O=C(O)c1cc(NC(=O)c2nn[nH]n2)cc(C(F)(F)F)c1. The largest absolute Gasteiger partial charge is 0.478 e. The molecule has 0 saturated carbocycles. The number of aromatic carboxylic acids is 1. The van der Waals surface area contributed by atoms with Crippen LogP contribution in [-0.2, 0) is 6.18 Å². The molecule has 21 heavy (non-hydrogen) atoms. The summed E-state index contributed by atoms with van der Waals surface area (Å²) in [5, 5.41) is 22.7. The number of amides is 1. The van der Waals surface area contributed by atoms with Gasteiger partial charge in [-0.25, -0.2) is 4.79 Å². The smallest absolute Gasteiger partial charge is 0.416 e. The number of tetrazole rings is 1. The van der Waals surface area contributed by atoms with Gasteiger partial charge < -0.3 is 10.4 Å². The molecule has 0 radical (unpaired) electrons. The van der Waals surface area contributed by atoms with E-state index in [0.29, 0.717) is 12.1 Å². The molecule has 0 saturated heterocycles. The highest BCUT2D eigenvalue weighted by atomic mass is 19.4. The maximum Gasteiger partial charge on any atom is 0.416 e. The second kappa shape index (κ2) is 5.19. The molecule has 2 rings (SSSR count). The number of hydrogen-bond acceptors (Lipinski definition) is 5. The molecule has 0 spiro atoms. The lowest BCUT2D eigenvalue weighted by Crippen LogP contribution is -2.16. The number of carboxylic acid groups (broad SMARTS) is 1. The van der Waals surface area contributed by atoms with Crippen molar-refractivity contribution < 1.29 is 27.9 Å². The first-order chi connectivity index (χ1) is 9.77. The van der Waals surface area contributed by atoms with Crippen LogP contribution < -0.4 is 5.32 Å². The zero-order valence-electron chi connectivity index (χ0n) is 9.97. The minimum absolute atomic E-state index is 0.350. The number of carbonyl (C=O) groups excluding carboxylic acids is 1. The highest BCUT2D eigenvalue weighted by molar-refractivity contribution is 6.02. The van der Waals surface area contributed by atoms with Gasteiger partial charge in [0.05, 0.1) is 11.1 Å². The molecule has 0 fully saturated rings. The summed E-state index contributed by atoms with van der Waals surface area (Å²) in [6.45, 7) is 0. The van der Waals surface area contributed by atoms with Crippen LogP contribution >= 0.6 is 0 Å². The fourth-order valence-electron chi connectivity index (χ4n) is 1.43. The summed E-state index contributed by atoms with van der Waals surface area (Å²) in [5.74, 6) is -2.89. The van der Waals surface area contributed by atoms with Gasteiger partial charge in [-0.05, 0) is 23.4 Å². The quantitative estimate of drug-likeness (QED) is 0.782. The predicted octanol–water partition coefficient (Wildman–Crippen LogP) is 1.17. The molecular formula is C10H6F3N5O3. The third-order valence-electron chi connectivity index (χ3n) is 2.31. The number of rotatable bonds is 3. The molecule has 3 N–H and O–H groups in total. The van der Waals surface area contributed by atoms with E-state index in [2.05, 4.69) is 20.7 Å². The van der Waals surface area contributed by atoms with Crippen LogP contribution in [0.5, 0.6) is 0 Å². The van der Waals surface area contributed by atoms with Crippen molar-refractivity contribution in [1.29, 1.82) is 0 Å². The predicted molar refractivity (Wildman–Crippen MR) is 60.5 cm³/mol. The number of halogens is 3. The summed E-state index contributed by atoms with van der Waals surface area (Å²) in [6, 6.07) is 1.95. The normalized spacial score (nSPS) is 11.2. The van der Waals surface area contributed by atoms with Crippen molar-refractivity contribution in [3.8, 4) is 0 Å². The molecule has 1 aromatic heterocycles. The van der Waals surface area contributed by atoms with Crippen molar-refractivity contribution in [1.82, 2.24) is 20.6 Å². The Bertz CT molecular complexity index is 684. The standard InChI is InChI=1S/C10H6F3N5O3/c11-10(12,13)5-1-4(9(20)21)2-6(3-5)14-8(19)7-15-17-18-16-7/h1-3H,(H,14,19)(H,20,21)(H,15,16,17,18). The number of hydrogen-bond donors (Lipinski definition) is 3. The lowest BCUT2D eigenvalue weighted by Gasteiger charge is -2.10. The van der Waals surface area contributed by atoms with Crippen molar-refractivity contribution in [3.63, 3.8) is 0 Å². The number of nitrogens with one attached hydrogen (secondary N) is 2. The molecule has 110 valence electrons. The fraction of sp³-hybridized carbons (Fsp3) is 0.100. The van der Waals surface area contributed by atoms with Gasteiger partial charge >= 0.3 is 12.1 Å². The number of benzene rings is 1. The van der Waals surface area contributed by atoms with Crippen LogP contribution in [0.25, 0.3) is 0 Å². The first-order valence-electron chi connectivity index (χ1n) is 5.28. The highest BCUT2D eigenvalue weighted by Gasteiger charge is 2.32. The molecule has 0 aliphatic rings. The van der Waals surface area contributed by atoms with Gasteiger partial charge in [0.1, 0.15) is 0 Å². The summed E-state index contributed by atoms with van der Waals surface area (Å²) in [6.07, 6.45) is -4.75. The number of aromatic amines is 1. The van der Waals surface area contributed by atoms with Crippen molar-refractivity contribution in [2.75, 3.05) is 5.32 Å². The fourth-order valence-corrected chi connectivity index (χ4v) is 1.43. The summed E-state index contributed by atoms with van der Waals surface area (Å²) in [5.41, 5.74) is -2.17. The summed E-state index contributed by atoms with van der Waals surface area (Å²) in [7, 11) is 0. The molecule has 2 aromatic rings. The van der Waals surface area contributed by atoms with Crippen LogP contribution in [0.1, 0.15) is 26.5 Å². The van der Waals surface area contributed by atoms with E-state index < -0.39 is 35.0 Å². The Kier molecular flexibility index (Phi) is 3.56. The second-order valence-electron chi connectivity index (χ2n) is 3.79. The van der Waals surface area contributed by atoms with Crippen LogP contribution in [0.15, 0.2) is 18.2 Å². The van der Waals surface area contributed by atoms with Gasteiger partial charge in [-0.2, -0.15) is 18.4 Å². The summed E-state index contributed by atoms with van der Waals surface area (Å²) < 4.78 is 38.0. The number of anilines is 1. The van der Waals surface area contributed by atoms with Gasteiger partial charge in [0.25, 0.3) is 11.7 Å². The van der Waals surface area contributed by atoms with Gasteiger partial charge in [0.15, 0.2) is 0 Å².